The third-order valence-corrected chi connectivity index (χ3v) is 4.07. The summed E-state index contributed by atoms with van der Waals surface area (Å²) in [6.45, 7) is -0.110. The van der Waals surface area contributed by atoms with E-state index >= 15 is 0 Å². The summed E-state index contributed by atoms with van der Waals surface area (Å²) < 4.78 is 5.54. The van der Waals surface area contributed by atoms with E-state index in [1.165, 1.54) is 16.7 Å². The van der Waals surface area contributed by atoms with E-state index in [0.29, 0.717) is 22.3 Å². The van der Waals surface area contributed by atoms with Crippen LogP contribution < -0.4 is 10.1 Å². The van der Waals surface area contributed by atoms with Gasteiger partial charge < -0.3 is 15.0 Å². The smallest absolute Gasteiger partial charge is 0.246 e. The number of aromatic nitrogens is 4. The molecule has 0 fully saturated rings. The SMILES string of the molecule is CN(CC(=O)Nc1ccc(Cl)cc1)C(=O)Cn1nnc(COc2ccccc2)n1. The fourth-order valence-electron chi connectivity index (χ4n) is 2.34. The number of carbonyl (C=O) groups excluding carboxylic acids is 2. The van der Waals surface area contributed by atoms with Crippen LogP contribution in [0, 0.1) is 0 Å². The van der Waals surface area contributed by atoms with Crippen molar-refractivity contribution in [3.8, 4) is 5.75 Å². The lowest BCUT2D eigenvalue weighted by molar-refractivity contribution is -0.134. The average molecular weight is 415 g/mol. The van der Waals surface area contributed by atoms with Gasteiger partial charge in [-0.05, 0) is 41.6 Å². The summed E-state index contributed by atoms with van der Waals surface area (Å²) >= 11 is 5.81. The zero-order valence-corrected chi connectivity index (χ0v) is 16.4. The summed E-state index contributed by atoms with van der Waals surface area (Å²) in [7, 11) is 1.53. The fraction of sp³-hybridized carbons (Fsp3) is 0.211. The van der Waals surface area contributed by atoms with Crippen LogP contribution in [0.4, 0.5) is 5.69 Å². The van der Waals surface area contributed by atoms with Gasteiger partial charge in [-0.1, -0.05) is 29.8 Å². The summed E-state index contributed by atoms with van der Waals surface area (Å²) in [5, 5.41) is 15.1. The highest BCUT2D eigenvalue weighted by atomic mass is 35.5. The van der Waals surface area contributed by atoms with Gasteiger partial charge in [0, 0.05) is 17.8 Å². The number of nitrogens with zero attached hydrogens (tertiary/aromatic N) is 5. The number of benzene rings is 2. The number of nitrogens with one attached hydrogen (secondary N) is 1. The summed E-state index contributed by atoms with van der Waals surface area (Å²) in [5.74, 6) is 0.381. The van der Waals surface area contributed by atoms with Crippen LogP contribution >= 0.6 is 11.6 Å². The zero-order valence-electron chi connectivity index (χ0n) is 15.7. The molecule has 0 aliphatic carbocycles. The maximum absolute atomic E-state index is 12.3. The van der Waals surface area contributed by atoms with Crippen molar-refractivity contribution in [1.82, 2.24) is 25.1 Å². The van der Waals surface area contributed by atoms with Crippen LogP contribution in [0.5, 0.6) is 5.75 Å². The quantitative estimate of drug-likeness (QED) is 0.604. The minimum absolute atomic E-state index is 0.111. The molecule has 150 valence electrons. The van der Waals surface area contributed by atoms with Crippen molar-refractivity contribution in [3.05, 3.63) is 65.4 Å². The Bertz CT molecular complexity index is 962. The average Bonchev–Trinajstić information content (AvgIpc) is 3.16. The third kappa shape index (κ3) is 6.28. The van der Waals surface area contributed by atoms with Crippen molar-refractivity contribution >= 4 is 29.1 Å². The van der Waals surface area contributed by atoms with Gasteiger partial charge in [0.25, 0.3) is 0 Å². The predicted molar refractivity (Wildman–Crippen MR) is 106 cm³/mol. The molecular weight excluding hydrogens is 396 g/mol. The van der Waals surface area contributed by atoms with Crippen molar-refractivity contribution in [1.29, 1.82) is 0 Å². The minimum atomic E-state index is -0.329. The first-order valence-electron chi connectivity index (χ1n) is 8.73. The Kier molecular flexibility index (Phi) is 6.75. The molecule has 0 aliphatic heterocycles. The van der Waals surface area contributed by atoms with E-state index in [1.54, 1.807) is 24.3 Å². The number of para-hydroxylation sites is 1. The van der Waals surface area contributed by atoms with Crippen molar-refractivity contribution in [3.63, 3.8) is 0 Å². The van der Waals surface area contributed by atoms with Crippen LogP contribution in [0.3, 0.4) is 0 Å². The second-order valence-corrected chi connectivity index (χ2v) is 6.58. The highest BCUT2D eigenvalue weighted by Crippen LogP contribution is 2.13. The van der Waals surface area contributed by atoms with Crippen LogP contribution in [0.15, 0.2) is 54.6 Å². The van der Waals surface area contributed by atoms with E-state index < -0.39 is 0 Å². The Hall–Kier alpha value is -3.46. The largest absolute Gasteiger partial charge is 0.485 e. The van der Waals surface area contributed by atoms with Gasteiger partial charge in [0.15, 0.2) is 6.61 Å². The Morgan fingerprint density at radius 2 is 1.86 bits per heavy atom. The van der Waals surface area contributed by atoms with Gasteiger partial charge in [-0.15, -0.1) is 10.2 Å². The minimum Gasteiger partial charge on any atom is -0.485 e. The van der Waals surface area contributed by atoms with Gasteiger partial charge in [0.05, 0.1) is 6.54 Å². The molecule has 0 spiro atoms. The molecule has 0 unspecified atom stereocenters. The maximum atomic E-state index is 12.3. The van der Waals surface area contributed by atoms with Gasteiger partial charge in [0.2, 0.25) is 17.6 Å². The molecular formula is C19H19ClN6O3. The molecule has 2 amide bonds. The fourth-order valence-corrected chi connectivity index (χ4v) is 2.47. The number of tetrazole rings is 1. The summed E-state index contributed by atoms with van der Waals surface area (Å²) in [6.07, 6.45) is 0. The second kappa shape index (κ2) is 9.65. The molecule has 3 aromatic rings. The number of carbonyl (C=O) groups is 2. The van der Waals surface area contributed by atoms with Crippen LogP contribution in [-0.2, 0) is 22.7 Å². The highest BCUT2D eigenvalue weighted by Gasteiger charge is 2.15. The first kappa shape index (κ1) is 20.3. The summed E-state index contributed by atoms with van der Waals surface area (Å²) in [4.78, 5) is 26.8. The third-order valence-electron chi connectivity index (χ3n) is 3.82. The monoisotopic (exact) mass is 414 g/mol. The Labute approximate surface area is 172 Å². The topological polar surface area (TPSA) is 102 Å². The number of likely N-dealkylation sites (N-methyl/N-ethyl adjacent to an activating group) is 1. The van der Waals surface area contributed by atoms with Gasteiger partial charge in [-0.25, -0.2) is 0 Å². The van der Waals surface area contributed by atoms with Gasteiger partial charge in [-0.2, -0.15) is 4.80 Å². The number of ether oxygens (including phenoxy) is 1. The highest BCUT2D eigenvalue weighted by molar-refractivity contribution is 6.30. The number of hydrogen-bond acceptors (Lipinski definition) is 6. The first-order valence-corrected chi connectivity index (χ1v) is 9.11. The number of amides is 2. The van der Waals surface area contributed by atoms with Crippen LogP contribution in [0.1, 0.15) is 5.82 Å². The molecule has 1 heterocycles. The summed E-state index contributed by atoms with van der Waals surface area (Å²) in [6, 6.07) is 15.9. The normalized spacial score (nSPS) is 10.4. The molecule has 0 radical (unpaired) electrons. The molecule has 0 atom stereocenters. The van der Waals surface area contributed by atoms with Crippen LogP contribution in [0.2, 0.25) is 5.02 Å². The number of rotatable bonds is 8. The van der Waals surface area contributed by atoms with E-state index in [1.807, 2.05) is 30.3 Å². The molecule has 0 aliphatic rings. The second-order valence-electron chi connectivity index (χ2n) is 6.14. The Balaban J connectivity index is 1.46. The molecule has 9 nitrogen and oxygen atoms in total. The molecule has 0 saturated heterocycles. The lowest BCUT2D eigenvalue weighted by Gasteiger charge is -2.16. The zero-order chi connectivity index (χ0) is 20.6. The molecule has 1 aromatic heterocycles. The van der Waals surface area contributed by atoms with Crippen molar-refractivity contribution in [2.24, 2.45) is 0 Å². The molecule has 0 bridgehead atoms. The Morgan fingerprint density at radius 3 is 2.59 bits per heavy atom. The van der Waals surface area contributed by atoms with E-state index in [4.69, 9.17) is 16.3 Å². The number of anilines is 1. The van der Waals surface area contributed by atoms with E-state index in [9.17, 15) is 9.59 Å². The lowest BCUT2D eigenvalue weighted by atomic mass is 10.3. The number of hydrogen-bond donors (Lipinski definition) is 1. The van der Waals surface area contributed by atoms with Crippen LogP contribution in [0.25, 0.3) is 0 Å². The van der Waals surface area contributed by atoms with Gasteiger partial charge in [0.1, 0.15) is 12.3 Å². The molecule has 29 heavy (non-hydrogen) atoms. The molecule has 1 N–H and O–H groups in total. The van der Waals surface area contributed by atoms with E-state index in [2.05, 4.69) is 20.7 Å². The first-order chi connectivity index (χ1) is 14.0. The lowest BCUT2D eigenvalue weighted by Crippen LogP contribution is -2.37. The van der Waals surface area contributed by atoms with Crippen molar-refractivity contribution in [2.45, 2.75) is 13.2 Å². The predicted octanol–water partition coefficient (Wildman–Crippen LogP) is 2.00. The number of halogens is 1. The standard InChI is InChI=1S/C19H19ClN6O3/c1-25(11-18(27)21-15-9-7-14(20)8-10-15)19(28)12-26-23-17(22-24-26)13-29-16-5-3-2-4-6-16/h2-10H,11-13H2,1H3,(H,21,27). The van der Waals surface area contributed by atoms with Gasteiger partial charge >= 0.3 is 0 Å². The van der Waals surface area contributed by atoms with Crippen LogP contribution in [-0.4, -0.2) is 50.5 Å². The molecule has 10 heteroatoms. The van der Waals surface area contributed by atoms with E-state index in [0.717, 1.165) is 0 Å². The maximum Gasteiger partial charge on any atom is 0.246 e. The van der Waals surface area contributed by atoms with E-state index in [-0.39, 0.29) is 31.5 Å². The Morgan fingerprint density at radius 1 is 1.14 bits per heavy atom. The molecule has 0 saturated carbocycles. The van der Waals surface area contributed by atoms with Crippen molar-refractivity contribution < 1.29 is 14.3 Å². The van der Waals surface area contributed by atoms with Gasteiger partial charge in [-0.3, -0.25) is 9.59 Å². The summed E-state index contributed by atoms with van der Waals surface area (Å²) in [5.41, 5.74) is 0.598. The molecule has 3 rings (SSSR count). The molecule has 2 aromatic carbocycles. The van der Waals surface area contributed by atoms with Crippen molar-refractivity contribution in [2.75, 3.05) is 18.9 Å².